The normalized spacial score (nSPS) is 30.1. The van der Waals surface area contributed by atoms with Crippen LogP contribution < -0.4 is 0 Å². The van der Waals surface area contributed by atoms with Crippen LogP contribution in [0.5, 0.6) is 0 Å². The molecular weight excluding hydrogens is 636 g/mol. The lowest BCUT2D eigenvalue weighted by atomic mass is 9.96. The zero-order valence-corrected chi connectivity index (χ0v) is 27.0. The van der Waals surface area contributed by atoms with Crippen molar-refractivity contribution in [1.82, 2.24) is 0 Å². The third-order valence-corrected chi connectivity index (χ3v) is 6.26. The van der Waals surface area contributed by atoms with E-state index in [1.165, 1.54) is 6.08 Å². The zero-order chi connectivity index (χ0) is 35.4. The Balaban J connectivity index is 2.72. The first-order valence-electron chi connectivity index (χ1n) is 14.4. The molecule has 2 rings (SSSR count). The molecule has 0 aliphatic carbocycles. The topological polar surface area (TPSA) is 221 Å². The standard InChI is InChI=1S/C29H40O18/c1-9-10-37-28-26(43-18(7)35)25(42-17(6)34)23(21(45-28)12-39-14(3)31)47-29-27(44-19(8)36)24(41-16(5)33)22(40-15(4)32)20(46-29)11-38-13(2)30/h9,20-29H,1,10-12H2,2-8H3/t20?,21?,22-,23?,24+,25?,26-,27-,28?,29-/m1/s1. The Labute approximate surface area is 270 Å². The fourth-order valence-electron chi connectivity index (χ4n) is 4.77. The van der Waals surface area contributed by atoms with Crippen molar-refractivity contribution < 1.29 is 85.7 Å². The molecule has 0 aromatic heterocycles. The lowest BCUT2D eigenvalue weighted by Gasteiger charge is -2.48. The maximum atomic E-state index is 12.3. The first-order valence-corrected chi connectivity index (χ1v) is 14.4. The van der Waals surface area contributed by atoms with Gasteiger partial charge in [-0.15, -0.1) is 6.58 Å². The molecule has 2 aliphatic rings. The smallest absolute Gasteiger partial charge is 0.303 e. The van der Waals surface area contributed by atoms with E-state index in [0.717, 1.165) is 48.5 Å². The van der Waals surface area contributed by atoms with Gasteiger partial charge in [0, 0.05) is 48.5 Å². The summed E-state index contributed by atoms with van der Waals surface area (Å²) in [4.78, 5) is 84.6. The lowest BCUT2D eigenvalue weighted by Crippen LogP contribution is -2.67. The summed E-state index contributed by atoms with van der Waals surface area (Å²) in [5.74, 6) is -5.81. The highest BCUT2D eigenvalue weighted by Gasteiger charge is 2.57. The molecule has 18 nitrogen and oxygen atoms in total. The van der Waals surface area contributed by atoms with Gasteiger partial charge in [0.25, 0.3) is 0 Å². The van der Waals surface area contributed by atoms with E-state index in [4.69, 9.17) is 52.1 Å². The number of ether oxygens (including phenoxy) is 11. The molecule has 0 N–H and O–H groups in total. The number of esters is 7. The minimum absolute atomic E-state index is 0.110. The molecule has 0 saturated carbocycles. The van der Waals surface area contributed by atoms with Gasteiger partial charge in [-0.05, 0) is 0 Å². The third kappa shape index (κ3) is 12.2. The molecule has 18 heteroatoms. The summed E-state index contributed by atoms with van der Waals surface area (Å²) in [6, 6.07) is 0. The SMILES string of the molecule is C=CCOC1OC(COC(C)=O)C(O[C@H]2OC(COC(C)=O)[C@@H](OC(C)=O)[C@H](OC(C)=O)[C@H]2OC(C)=O)C(OC(C)=O)[C@H]1OC(C)=O. The second-order valence-electron chi connectivity index (χ2n) is 10.3. The van der Waals surface area contributed by atoms with E-state index in [0.29, 0.717) is 0 Å². The van der Waals surface area contributed by atoms with Crippen molar-refractivity contribution in [3.63, 3.8) is 0 Å². The van der Waals surface area contributed by atoms with Crippen molar-refractivity contribution in [3.8, 4) is 0 Å². The molecule has 5 unspecified atom stereocenters. The Morgan fingerprint density at radius 1 is 0.511 bits per heavy atom. The van der Waals surface area contributed by atoms with E-state index in [1.54, 1.807) is 0 Å². The van der Waals surface area contributed by atoms with Gasteiger partial charge in [0.05, 0.1) is 6.61 Å². The molecule has 10 atom stereocenters. The van der Waals surface area contributed by atoms with Crippen LogP contribution in [0.2, 0.25) is 0 Å². The molecule has 264 valence electrons. The Bertz CT molecular complexity index is 1170. The largest absolute Gasteiger partial charge is 0.463 e. The Kier molecular flexibility index (Phi) is 15.2. The van der Waals surface area contributed by atoms with Crippen LogP contribution in [-0.2, 0) is 85.7 Å². The molecule has 0 amide bonds. The molecule has 0 aromatic rings. The van der Waals surface area contributed by atoms with Gasteiger partial charge in [-0.25, -0.2) is 0 Å². The summed E-state index contributed by atoms with van der Waals surface area (Å²) < 4.78 is 61.3. The highest BCUT2D eigenvalue weighted by Crippen LogP contribution is 2.35. The molecule has 0 radical (unpaired) electrons. The van der Waals surface area contributed by atoms with Crippen molar-refractivity contribution in [1.29, 1.82) is 0 Å². The summed E-state index contributed by atoms with van der Waals surface area (Å²) in [5.41, 5.74) is 0. The first-order chi connectivity index (χ1) is 22.0. The highest BCUT2D eigenvalue weighted by molar-refractivity contribution is 5.69. The predicted octanol–water partition coefficient (Wildman–Crippen LogP) is -0.191. The summed E-state index contributed by atoms with van der Waals surface area (Å²) >= 11 is 0. The van der Waals surface area contributed by atoms with Crippen LogP contribution in [0.15, 0.2) is 12.7 Å². The van der Waals surface area contributed by atoms with E-state index >= 15 is 0 Å². The second kappa shape index (κ2) is 18.3. The maximum absolute atomic E-state index is 12.3. The van der Waals surface area contributed by atoms with Gasteiger partial charge in [-0.2, -0.15) is 0 Å². The van der Waals surface area contributed by atoms with Gasteiger partial charge in [0.15, 0.2) is 43.1 Å². The third-order valence-electron chi connectivity index (χ3n) is 6.26. The number of hydrogen-bond acceptors (Lipinski definition) is 18. The Morgan fingerprint density at radius 2 is 0.872 bits per heavy atom. The first kappa shape index (κ1) is 39.1. The molecule has 0 spiro atoms. The molecular formula is C29H40O18. The van der Waals surface area contributed by atoms with Gasteiger partial charge in [-0.1, -0.05) is 6.08 Å². The van der Waals surface area contributed by atoms with Crippen LogP contribution in [0.25, 0.3) is 0 Å². The Morgan fingerprint density at radius 3 is 1.30 bits per heavy atom. The maximum Gasteiger partial charge on any atom is 0.303 e. The van der Waals surface area contributed by atoms with Crippen LogP contribution in [0.1, 0.15) is 48.5 Å². The molecule has 0 bridgehead atoms. The van der Waals surface area contributed by atoms with E-state index in [9.17, 15) is 33.6 Å². The molecule has 2 fully saturated rings. The summed E-state index contributed by atoms with van der Waals surface area (Å²) in [6.07, 6.45) is -13.9. The average molecular weight is 677 g/mol. The fourth-order valence-corrected chi connectivity index (χ4v) is 4.77. The van der Waals surface area contributed by atoms with Crippen molar-refractivity contribution in [2.75, 3.05) is 19.8 Å². The van der Waals surface area contributed by atoms with Crippen molar-refractivity contribution in [2.24, 2.45) is 0 Å². The molecule has 2 aliphatic heterocycles. The minimum atomic E-state index is -1.77. The van der Waals surface area contributed by atoms with Crippen LogP contribution >= 0.6 is 0 Å². The van der Waals surface area contributed by atoms with E-state index < -0.39 is 116 Å². The quantitative estimate of drug-likeness (QED) is 0.132. The van der Waals surface area contributed by atoms with Gasteiger partial charge >= 0.3 is 41.8 Å². The number of carbonyl (C=O) groups excluding carboxylic acids is 7. The molecule has 2 saturated heterocycles. The molecule has 2 heterocycles. The number of hydrogen-bond donors (Lipinski definition) is 0. The summed E-state index contributed by atoms with van der Waals surface area (Å²) in [5, 5.41) is 0. The monoisotopic (exact) mass is 676 g/mol. The van der Waals surface area contributed by atoms with Crippen molar-refractivity contribution >= 4 is 41.8 Å². The lowest BCUT2D eigenvalue weighted by molar-refractivity contribution is -0.360. The van der Waals surface area contributed by atoms with Crippen LogP contribution in [0.4, 0.5) is 0 Å². The zero-order valence-electron chi connectivity index (χ0n) is 27.0. The highest BCUT2D eigenvalue weighted by atomic mass is 16.8. The summed E-state index contributed by atoms with van der Waals surface area (Å²) in [6.45, 7) is 9.85. The van der Waals surface area contributed by atoms with Crippen molar-refractivity contribution in [2.45, 2.75) is 110 Å². The van der Waals surface area contributed by atoms with Gasteiger partial charge in [0.1, 0.15) is 31.5 Å². The van der Waals surface area contributed by atoms with Gasteiger partial charge < -0.3 is 52.1 Å². The Hall–Kier alpha value is -4.13. The van der Waals surface area contributed by atoms with Gasteiger partial charge in [-0.3, -0.25) is 33.6 Å². The van der Waals surface area contributed by atoms with Crippen LogP contribution in [0.3, 0.4) is 0 Å². The number of rotatable bonds is 14. The van der Waals surface area contributed by atoms with E-state index in [2.05, 4.69) is 6.58 Å². The number of carbonyl (C=O) groups is 7. The molecule has 47 heavy (non-hydrogen) atoms. The summed E-state index contributed by atoms with van der Waals surface area (Å²) in [7, 11) is 0. The van der Waals surface area contributed by atoms with E-state index in [1.807, 2.05) is 0 Å². The van der Waals surface area contributed by atoms with Crippen LogP contribution in [-0.4, -0.2) is 123 Å². The van der Waals surface area contributed by atoms with Gasteiger partial charge in [0.2, 0.25) is 0 Å². The average Bonchev–Trinajstić information content (AvgIpc) is 2.94. The fraction of sp³-hybridized carbons (Fsp3) is 0.690. The van der Waals surface area contributed by atoms with E-state index in [-0.39, 0.29) is 6.61 Å². The predicted molar refractivity (Wildman–Crippen MR) is 149 cm³/mol. The van der Waals surface area contributed by atoms with Crippen LogP contribution in [0, 0.1) is 0 Å². The second-order valence-corrected chi connectivity index (χ2v) is 10.3. The minimum Gasteiger partial charge on any atom is -0.463 e. The van der Waals surface area contributed by atoms with Crippen molar-refractivity contribution in [3.05, 3.63) is 12.7 Å². The molecule has 0 aromatic carbocycles.